The van der Waals surface area contributed by atoms with Crippen LogP contribution in [0, 0.1) is 12.7 Å². The smallest absolute Gasteiger partial charge is 0.244 e. The number of aromatic nitrogens is 2. The lowest BCUT2D eigenvalue weighted by atomic mass is 10.1. The first-order valence-corrected chi connectivity index (χ1v) is 8.94. The van der Waals surface area contributed by atoms with Gasteiger partial charge in [0, 0.05) is 18.8 Å². The molecule has 0 aliphatic heterocycles. The van der Waals surface area contributed by atoms with E-state index in [1.165, 1.54) is 18.2 Å². The SMILES string of the molecule is COc1cc(C=CC(=O)NCCc2cccc(F)c2)ccc1-n1cnc(C)c1. The van der Waals surface area contributed by atoms with Crippen molar-refractivity contribution in [2.24, 2.45) is 0 Å². The monoisotopic (exact) mass is 379 g/mol. The van der Waals surface area contributed by atoms with Crippen molar-refractivity contribution in [1.82, 2.24) is 14.9 Å². The molecule has 0 fully saturated rings. The summed E-state index contributed by atoms with van der Waals surface area (Å²) >= 11 is 0. The van der Waals surface area contributed by atoms with E-state index in [1.807, 2.05) is 42.0 Å². The third-order valence-electron chi connectivity index (χ3n) is 4.22. The molecule has 0 aliphatic rings. The number of halogens is 1. The highest BCUT2D eigenvalue weighted by molar-refractivity contribution is 5.91. The van der Waals surface area contributed by atoms with Gasteiger partial charge < -0.3 is 14.6 Å². The Morgan fingerprint density at radius 1 is 1.29 bits per heavy atom. The second-order valence-corrected chi connectivity index (χ2v) is 6.36. The topological polar surface area (TPSA) is 56.1 Å². The molecular formula is C22H22FN3O2. The summed E-state index contributed by atoms with van der Waals surface area (Å²) in [5, 5.41) is 2.80. The minimum Gasteiger partial charge on any atom is -0.495 e. The summed E-state index contributed by atoms with van der Waals surface area (Å²) in [6.07, 6.45) is 7.42. The van der Waals surface area contributed by atoms with E-state index in [4.69, 9.17) is 4.74 Å². The summed E-state index contributed by atoms with van der Waals surface area (Å²) in [4.78, 5) is 16.2. The van der Waals surface area contributed by atoms with Gasteiger partial charge in [-0.15, -0.1) is 0 Å². The Bertz CT molecular complexity index is 995. The molecule has 0 atom stereocenters. The average Bonchev–Trinajstić information content (AvgIpc) is 3.12. The summed E-state index contributed by atoms with van der Waals surface area (Å²) in [7, 11) is 1.61. The van der Waals surface area contributed by atoms with Crippen molar-refractivity contribution >= 4 is 12.0 Å². The van der Waals surface area contributed by atoms with Crippen molar-refractivity contribution in [1.29, 1.82) is 0 Å². The third kappa shape index (κ3) is 5.07. The summed E-state index contributed by atoms with van der Waals surface area (Å²) < 4.78 is 20.5. The van der Waals surface area contributed by atoms with Gasteiger partial charge in [0.2, 0.25) is 5.91 Å². The number of nitrogens with one attached hydrogen (secondary N) is 1. The molecule has 5 nitrogen and oxygen atoms in total. The van der Waals surface area contributed by atoms with Crippen LogP contribution in [0.15, 0.2) is 61.1 Å². The van der Waals surface area contributed by atoms with Crippen LogP contribution >= 0.6 is 0 Å². The van der Waals surface area contributed by atoms with Gasteiger partial charge in [0.25, 0.3) is 0 Å². The molecule has 3 rings (SSSR count). The highest BCUT2D eigenvalue weighted by Gasteiger charge is 2.06. The number of hydrogen-bond donors (Lipinski definition) is 1. The van der Waals surface area contributed by atoms with Crippen LogP contribution in [0.1, 0.15) is 16.8 Å². The first-order chi connectivity index (χ1) is 13.5. The zero-order valence-corrected chi connectivity index (χ0v) is 15.9. The molecule has 0 aliphatic carbocycles. The van der Waals surface area contributed by atoms with Gasteiger partial charge in [-0.1, -0.05) is 18.2 Å². The number of methoxy groups -OCH3 is 1. The van der Waals surface area contributed by atoms with Crippen LogP contribution in [0.25, 0.3) is 11.8 Å². The van der Waals surface area contributed by atoms with Crippen LogP contribution < -0.4 is 10.1 Å². The molecule has 0 radical (unpaired) electrons. The molecule has 0 unspecified atom stereocenters. The lowest BCUT2D eigenvalue weighted by Crippen LogP contribution is -2.23. The first-order valence-electron chi connectivity index (χ1n) is 8.94. The maximum atomic E-state index is 13.1. The normalized spacial score (nSPS) is 11.0. The fraction of sp³-hybridized carbons (Fsp3) is 0.182. The highest BCUT2D eigenvalue weighted by Crippen LogP contribution is 2.25. The number of rotatable bonds is 7. The first kappa shape index (κ1) is 19.4. The largest absolute Gasteiger partial charge is 0.495 e. The number of aryl methyl sites for hydroxylation is 1. The van der Waals surface area contributed by atoms with E-state index in [2.05, 4.69) is 10.3 Å². The predicted molar refractivity (Wildman–Crippen MR) is 107 cm³/mol. The van der Waals surface area contributed by atoms with Gasteiger partial charge in [-0.2, -0.15) is 0 Å². The van der Waals surface area contributed by atoms with Gasteiger partial charge in [-0.3, -0.25) is 4.79 Å². The van der Waals surface area contributed by atoms with Crippen LogP contribution in [0.2, 0.25) is 0 Å². The number of carbonyl (C=O) groups is 1. The Kier molecular flexibility index (Phi) is 6.22. The molecule has 1 amide bonds. The van der Waals surface area contributed by atoms with E-state index >= 15 is 0 Å². The van der Waals surface area contributed by atoms with E-state index in [1.54, 1.807) is 25.6 Å². The molecule has 1 heterocycles. The molecule has 1 N–H and O–H groups in total. The van der Waals surface area contributed by atoms with Gasteiger partial charge in [-0.05, 0) is 54.8 Å². The standard InChI is InChI=1S/C22H22FN3O2/c1-16-14-26(15-25-16)20-8-6-18(13-21(20)28-2)7-9-22(27)24-11-10-17-4-3-5-19(23)12-17/h3-9,12-15H,10-11H2,1-2H3,(H,24,27). The number of amides is 1. The Balaban J connectivity index is 1.59. The van der Waals surface area contributed by atoms with Crippen molar-refractivity contribution in [3.05, 3.63) is 83.7 Å². The quantitative estimate of drug-likeness (QED) is 0.637. The molecule has 6 heteroatoms. The van der Waals surface area contributed by atoms with Gasteiger partial charge in [0.05, 0.1) is 24.8 Å². The van der Waals surface area contributed by atoms with Gasteiger partial charge in [0.15, 0.2) is 0 Å². The number of nitrogens with zero attached hydrogens (tertiary/aromatic N) is 2. The van der Waals surface area contributed by atoms with Crippen LogP contribution in [0.3, 0.4) is 0 Å². The lowest BCUT2D eigenvalue weighted by Gasteiger charge is -2.10. The van der Waals surface area contributed by atoms with E-state index in [-0.39, 0.29) is 11.7 Å². The molecule has 28 heavy (non-hydrogen) atoms. The zero-order chi connectivity index (χ0) is 19.9. The minimum absolute atomic E-state index is 0.204. The Morgan fingerprint density at radius 3 is 2.86 bits per heavy atom. The molecular weight excluding hydrogens is 357 g/mol. The molecule has 2 aromatic carbocycles. The molecule has 1 aromatic heterocycles. The Hall–Kier alpha value is -3.41. The maximum Gasteiger partial charge on any atom is 0.244 e. The van der Waals surface area contributed by atoms with E-state index in [0.29, 0.717) is 18.7 Å². The molecule has 3 aromatic rings. The van der Waals surface area contributed by atoms with Crippen molar-refractivity contribution in [2.75, 3.05) is 13.7 Å². The molecule has 144 valence electrons. The number of ether oxygens (including phenoxy) is 1. The zero-order valence-electron chi connectivity index (χ0n) is 15.9. The van der Waals surface area contributed by atoms with E-state index < -0.39 is 0 Å². The molecule has 0 spiro atoms. The lowest BCUT2D eigenvalue weighted by molar-refractivity contribution is -0.116. The maximum absolute atomic E-state index is 13.1. The number of benzene rings is 2. The fourth-order valence-electron chi connectivity index (χ4n) is 2.82. The van der Waals surface area contributed by atoms with Gasteiger partial charge in [0.1, 0.15) is 11.6 Å². The number of imidazole rings is 1. The average molecular weight is 379 g/mol. The highest BCUT2D eigenvalue weighted by atomic mass is 19.1. The van der Waals surface area contributed by atoms with Crippen LogP contribution in [-0.2, 0) is 11.2 Å². The second kappa shape index (κ2) is 8.99. The van der Waals surface area contributed by atoms with Crippen molar-refractivity contribution < 1.29 is 13.9 Å². The van der Waals surface area contributed by atoms with Crippen LogP contribution in [0.4, 0.5) is 4.39 Å². The van der Waals surface area contributed by atoms with Crippen LogP contribution in [0.5, 0.6) is 5.75 Å². The summed E-state index contributed by atoms with van der Waals surface area (Å²) in [6, 6.07) is 12.1. The van der Waals surface area contributed by atoms with Crippen molar-refractivity contribution in [3.63, 3.8) is 0 Å². The van der Waals surface area contributed by atoms with E-state index in [9.17, 15) is 9.18 Å². The molecule has 0 saturated heterocycles. The number of carbonyl (C=O) groups excluding carboxylic acids is 1. The molecule has 0 saturated carbocycles. The second-order valence-electron chi connectivity index (χ2n) is 6.36. The minimum atomic E-state index is -0.271. The Labute approximate surface area is 163 Å². The molecule has 0 bridgehead atoms. The summed E-state index contributed by atoms with van der Waals surface area (Å²) in [6.45, 7) is 2.36. The van der Waals surface area contributed by atoms with Gasteiger partial charge in [-0.25, -0.2) is 9.37 Å². The van der Waals surface area contributed by atoms with Crippen molar-refractivity contribution in [2.45, 2.75) is 13.3 Å². The van der Waals surface area contributed by atoms with E-state index in [0.717, 1.165) is 22.5 Å². The van der Waals surface area contributed by atoms with Crippen LogP contribution in [-0.4, -0.2) is 29.1 Å². The van der Waals surface area contributed by atoms with Crippen molar-refractivity contribution in [3.8, 4) is 11.4 Å². The summed E-state index contributed by atoms with van der Waals surface area (Å²) in [5.74, 6) is 0.211. The van der Waals surface area contributed by atoms with Gasteiger partial charge >= 0.3 is 0 Å². The predicted octanol–water partition coefficient (Wildman–Crippen LogP) is 3.70. The number of hydrogen-bond acceptors (Lipinski definition) is 3. The summed E-state index contributed by atoms with van der Waals surface area (Å²) in [5.41, 5.74) is 3.48. The Morgan fingerprint density at radius 2 is 2.14 bits per heavy atom. The third-order valence-corrected chi connectivity index (χ3v) is 4.22. The fourth-order valence-corrected chi connectivity index (χ4v) is 2.82.